The Balaban J connectivity index is 2.37. The largest absolute Gasteiger partial charge is 0.449 e. The molecule has 6 nitrogen and oxygen atoms in total. The molecule has 1 aliphatic rings. The average molecular weight is 601 g/mol. The molecule has 41 heavy (non-hydrogen) atoms. The van der Waals surface area contributed by atoms with Crippen molar-refractivity contribution in [2.45, 2.75) is 63.1 Å². The fourth-order valence-electron chi connectivity index (χ4n) is 4.92. The molecule has 1 heterocycles. The van der Waals surface area contributed by atoms with Gasteiger partial charge < -0.3 is 14.6 Å². The summed E-state index contributed by atoms with van der Waals surface area (Å²) in [5.74, 6) is -5.02. The molecule has 0 aromatic heterocycles. The normalized spacial score (nSPS) is 18.5. The van der Waals surface area contributed by atoms with Crippen molar-refractivity contribution in [2.75, 3.05) is 18.3 Å². The monoisotopic (exact) mass is 601 g/mol. The van der Waals surface area contributed by atoms with Crippen LogP contribution in [0.3, 0.4) is 0 Å². The van der Waals surface area contributed by atoms with Gasteiger partial charge in [-0.25, -0.2) is 4.79 Å². The van der Waals surface area contributed by atoms with Crippen LogP contribution in [0, 0.1) is 0 Å². The molecule has 0 spiro atoms. The Hall–Kier alpha value is -3.49. The topological polar surface area (TPSA) is 76.1 Å². The number of carbonyl (C=O) groups is 2. The van der Waals surface area contributed by atoms with Crippen LogP contribution in [-0.2, 0) is 32.8 Å². The maximum Gasteiger partial charge on any atom is 0.416 e. The number of carbonyl (C=O) groups excluding carboxylic acids is 2. The molecule has 0 aliphatic carbocycles. The SMILES string of the molecule is CCOC(=O)N1c2ccc(C(F)(F)F)cc2[C@H]([C@@H](C(=O)OCO)c2cc(C(F)(F)F)cc(C(F)(F)F)c2)C[C@H]1CC. The number of alkyl halides is 9. The van der Waals surface area contributed by atoms with Gasteiger partial charge in [-0.2, -0.15) is 39.5 Å². The fourth-order valence-corrected chi connectivity index (χ4v) is 4.92. The number of nitrogens with zero attached hydrogens (tertiary/aromatic N) is 1. The van der Waals surface area contributed by atoms with Gasteiger partial charge in [0.2, 0.25) is 0 Å². The van der Waals surface area contributed by atoms with Crippen LogP contribution in [0.15, 0.2) is 36.4 Å². The predicted molar refractivity (Wildman–Crippen MR) is 125 cm³/mol. The van der Waals surface area contributed by atoms with Crippen molar-refractivity contribution in [3.63, 3.8) is 0 Å². The number of benzene rings is 2. The second kappa shape index (κ2) is 11.8. The van der Waals surface area contributed by atoms with Crippen molar-refractivity contribution in [1.82, 2.24) is 0 Å². The molecule has 0 radical (unpaired) electrons. The second-order valence-corrected chi connectivity index (χ2v) is 9.15. The molecule has 2 aromatic rings. The van der Waals surface area contributed by atoms with E-state index in [9.17, 15) is 54.2 Å². The molecule has 3 rings (SSSR count). The highest BCUT2D eigenvalue weighted by atomic mass is 19.4. The Morgan fingerprint density at radius 2 is 1.44 bits per heavy atom. The molecular weight excluding hydrogens is 577 g/mol. The molecule has 0 saturated carbocycles. The standard InChI is InChI=1S/C26H24F9NO5/c1-3-17-11-19(18-10-14(24(27,28)29)5-6-20(18)36(17)23(39)40-4-2)21(22(38)41-12-37)13-7-15(25(30,31)32)9-16(8-13)26(33,34)35/h5-10,17,19,21,37H,3-4,11-12H2,1-2H3/t17-,19-,21+/m1/s1. The van der Waals surface area contributed by atoms with Crippen LogP contribution in [0.2, 0.25) is 0 Å². The van der Waals surface area contributed by atoms with Gasteiger partial charge in [-0.1, -0.05) is 6.92 Å². The Morgan fingerprint density at radius 3 is 1.90 bits per heavy atom. The summed E-state index contributed by atoms with van der Waals surface area (Å²) in [6, 6.07) is 1.66. The van der Waals surface area contributed by atoms with Gasteiger partial charge >= 0.3 is 30.6 Å². The van der Waals surface area contributed by atoms with Gasteiger partial charge in [0.1, 0.15) is 0 Å². The number of aliphatic hydroxyl groups excluding tert-OH is 1. The van der Waals surface area contributed by atoms with Crippen molar-refractivity contribution in [3.05, 3.63) is 64.2 Å². The van der Waals surface area contributed by atoms with Gasteiger partial charge in [0, 0.05) is 12.0 Å². The van der Waals surface area contributed by atoms with Crippen molar-refractivity contribution in [3.8, 4) is 0 Å². The van der Waals surface area contributed by atoms with Gasteiger partial charge in [-0.3, -0.25) is 9.69 Å². The zero-order valence-electron chi connectivity index (χ0n) is 21.5. The van der Waals surface area contributed by atoms with Crippen LogP contribution in [0.1, 0.15) is 66.3 Å². The van der Waals surface area contributed by atoms with E-state index >= 15 is 0 Å². The third-order valence-electron chi connectivity index (χ3n) is 6.67. The van der Waals surface area contributed by atoms with Gasteiger partial charge in [-0.15, -0.1) is 0 Å². The summed E-state index contributed by atoms with van der Waals surface area (Å²) in [7, 11) is 0. The minimum Gasteiger partial charge on any atom is -0.449 e. The highest BCUT2D eigenvalue weighted by Gasteiger charge is 2.46. The molecule has 15 heteroatoms. The summed E-state index contributed by atoms with van der Waals surface area (Å²) in [6.07, 6.45) is -16.7. The molecule has 0 bridgehead atoms. The minimum absolute atomic E-state index is 0.110. The molecule has 0 fully saturated rings. The fraction of sp³-hybridized carbons (Fsp3) is 0.462. The number of ether oxygens (including phenoxy) is 2. The summed E-state index contributed by atoms with van der Waals surface area (Å²) >= 11 is 0. The molecule has 1 N–H and O–H groups in total. The van der Waals surface area contributed by atoms with E-state index in [2.05, 4.69) is 4.74 Å². The Labute approximate surface area is 227 Å². The lowest BCUT2D eigenvalue weighted by Gasteiger charge is -2.42. The van der Waals surface area contributed by atoms with E-state index in [1.807, 2.05) is 0 Å². The van der Waals surface area contributed by atoms with Crippen molar-refractivity contribution in [2.24, 2.45) is 0 Å². The Morgan fingerprint density at radius 1 is 0.878 bits per heavy atom. The third-order valence-corrected chi connectivity index (χ3v) is 6.67. The molecule has 2 aromatic carbocycles. The lowest BCUT2D eigenvalue weighted by molar-refractivity contribution is -0.155. The number of halogens is 9. The maximum absolute atomic E-state index is 13.7. The Kier molecular flexibility index (Phi) is 9.20. The molecule has 1 amide bonds. The molecule has 0 unspecified atom stereocenters. The highest BCUT2D eigenvalue weighted by Crippen LogP contribution is 2.50. The molecular formula is C26H24F9NO5. The molecule has 226 valence electrons. The number of anilines is 1. The lowest BCUT2D eigenvalue weighted by Crippen LogP contribution is -2.46. The zero-order chi connectivity index (χ0) is 30.9. The van der Waals surface area contributed by atoms with Crippen LogP contribution >= 0.6 is 0 Å². The van der Waals surface area contributed by atoms with Crippen LogP contribution in [0.25, 0.3) is 0 Å². The summed E-state index contributed by atoms with van der Waals surface area (Å²) in [6.45, 7) is 1.64. The van der Waals surface area contributed by atoms with E-state index in [0.29, 0.717) is 12.1 Å². The second-order valence-electron chi connectivity index (χ2n) is 9.15. The van der Waals surface area contributed by atoms with Crippen LogP contribution < -0.4 is 4.90 Å². The first-order valence-corrected chi connectivity index (χ1v) is 12.2. The van der Waals surface area contributed by atoms with Crippen molar-refractivity contribution >= 4 is 17.7 Å². The van der Waals surface area contributed by atoms with E-state index < -0.39 is 77.5 Å². The van der Waals surface area contributed by atoms with Gasteiger partial charge in [0.25, 0.3) is 0 Å². The first kappa shape index (κ1) is 32.0. The number of amides is 1. The average Bonchev–Trinajstić information content (AvgIpc) is 2.86. The van der Waals surface area contributed by atoms with Gasteiger partial charge in [-0.05, 0) is 67.3 Å². The zero-order valence-corrected chi connectivity index (χ0v) is 21.5. The van der Waals surface area contributed by atoms with Crippen LogP contribution in [0.5, 0.6) is 0 Å². The first-order chi connectivity index (χ1) is 18.9. The van der Waals surface area contributed by atoms with Gasteiger partial charge in [0.05, 0.1) is 34.9 Å². The quantitative estimate of drug-likeness (QED) is 0.215. The maximum atomic E-state index is 13.7. The summed E-state index contributed by atoms with van der Waals surface area (Å²) in [5, 5.41) is 9.20. The number of fused-ring (bicyclic) bond motifs is 1. The number of hydrogen-bond donors (Lipinski definition) is 1. The van der Waals surface area contributed by atoms with Crippen LogP contribution in [0.4, 0.5) is 50.0 Å². The van der Waals surface area contributed by atoms with Crippen molar-refractivity contribution < 1.29 is 63.7 Å². The van der Waals surface area contributed by atoms with E-state index in [-0.39, 0.29) is 48.9 Å². The molecule has 1 aliphatic heterocycles. The lowest BCUT2D eigenvalue weighted by atomic mass is 9.73. The van der Waals surface area contributed by atoms with E-state index in [1.165, 1.54) is 6.92 Å². The smallest absolute Gasteiger partial charge is 0.416 e. The third kappa shape index (κ3) is 6.88. The van der Waals surface area contributed by atoms with E-state index in [4.69, 9.17) is 4.74 Å². The van der Waals surface area contributed by atoms with Crippen LogP contribution in [-0.4, -0.2) is 36.6 Å². The molecule has 0 saturated heterocycles. The van der Waals surface area contributed by atoms with Crippen molar-refractivity contribution in [1.29, 1.82) is 0 Å². The highest BCUT2D eigenvalue weighted by molar-refractivity contribution is 5.91. The van der Waals surface area contributed by atoms with E-state index in [0.717, 1.165) is 11.0 Å². The Bertz CT molecular complexity index is 1240. The molecule has 3 atom stereocenters. The summed E-state index contributed by atoms with van der Waals surface area (Å²) in [4.78, 5) is 26.9. The number of esters is 1. The first-order valence-electron chi connectivity index (χ1n) is 12.2. The predicted octanol–water partition coefficient (Wildman–Crippen LogP) is 7.25. The van der Waals surface area contributed by atoms with Gasteiger partial charge in [0.15, 0.2) is 6.79 Å². The summed E-state index contributed by atoms with van der Waals surface area (Å²) in [5.41, 5.74) is -6.14. The van der Waals surface area contributed by atoms with E-state index in [1.54, 1.807) is 6.92 Å². The number of rotatable bonds is 6. The number of aliphatic hydroxyl groups is 1. The number of hydrogen-bond acceptors (Lipinski definition) is 5. The summed E-state index contributed by atoms with van der Waals surface area (Å²) < 4.78 is 133. The minimum atomic E-state index is -5.29.